The van der Waals surface area contributed by atoms with Crippen molar-refractivity contribution >= 4 is 5.78 Å². The number of benzene rings is 2. The second-order valence-corrected chi connectivity index (χ2v) is 8.27. The van der Waals surface area contributed by atoms with E-state index in [1.165, 1.54) is 0 Å². The van der Waals surface area contributed by atoms with Crippen molar-refractivity contribution in [2.45, 2.75) is 58.9 Å². The lowest BCUT2D eigenvalue weighted by Crippen LogP contribution is -2.09. The molecule has 8 nitrogen and oxygen atoms in total. The van der Waals surface area contributed by atoms with Crippen LogP contribution in [0, 0.1) is 0 Å². The monoisotopic (exact) mass is 443 g/mol. The highest BCUT2D eigenvalue weighted by Crippen LogP contribution is 2.30. The highest BCUT2D eigenvalue weighted by Gasteiger charge is 2.19. The van der Waals surface area contributed by atoms with E-state index in [1.54, 1.807) is 0 Å². The van der Waals surface area contributed by atoms with Gasteiger partial charge in [0.2, 0.25) is 17.4 Å². The summed E-state index contributed by atoms with van der Waals surface area (Å²) in [4.78, 5) is 17.1. The Kier molecular flexibility index (Phi) is 7.02. The van der Waals surface area contributed by atoms with Crippen LogP contribution in [-0.2, 0) is 6.54 Å². The first-order chi connectivity index (χ1) is 16.1. The first-order valence-corrected chi connectivity index (χ1v) is 11.5. The number of H-pyrrole nitrogens is 1. The quantitative estimate of drug-likeness (QED) is 0.344. The smallest absolute Gasteiger partial charge is 0.217 e. The van der Waals surface area contributed by atoms with Crippen LogP contribution in [0.2, 0.25) is 0 Å². The molecular formula is C25H29N7O. The molecule has 0 spiro atoms. The lowest BCUT2D eigenvalue weighted by atomic mass is 9.98. The highest BCUT2D eigenvalue weighted by atomic mass is 16.1. The number of aromatic nitrogens is 7. The maximum atomic E-state index is 12.5. The topological polar surface area (TPSA) is 102 Å². The number of carbonyl (C=O) groups excluding carboxylic acids is 1. The van der Waals surface area contributed by atoms with E-state index in [2.05, 4.69) is 75.7 Å². The second kappa shape index (κ2) is 10.3. The van der Waals surface area contributed by atoms with Gasteiger partial charge in [0, 0.05) is 17.9 Å². The molecule has 2 aromatic heterocycles. The van der Waals surface area contributed by atoms with Crippen LogP contribution in [0.4, 0.5) is 0 Å². The molecule has 8 heteroatoms. The molecule has 0 bridgehead atoms. The molecule has 0 saturated carbocycles. The molecule has 0 amide bonds. The van der Waals surface area contributed by atoms with Gasteiger partial charge in [-0.2, -0.15) is 5.21 Å². The van der Waals surface area contributed by atoms with Gasteiger partial charge in [-0.05, 0) is 34.7 Å². The molecule has 4 rings (SSSR count). The minimum absolute atomic E-state index is 0.0218. The number of carbonyl (C=O) groups is 1. The summed E-state index contributed by atoms with van der Waals surface area (Å²) in [5.41, 5.74) is 4.12. The fourth-order valence-corrected chi connectivity index (χ4v) is 3.75. The summed E-state index contributed by atoms with van der Waals surface area (Å²) in [5.74, 6) is 2.02. The van der Waals surface area contributed by atoms with Crippen molar-refractivity contribution in [2.75, 3.05) is 0 Å². The van der Waals surface area contributed by atoms with E-state index in [1.807, 2.05) is 28.9 Å². The maximum Gasteiger partial charge on any atom is 0.217 e. The molecule has 170 valence electrons. The molecule has 0 aliphatic carbocycles. The molecule has 0 fully saturated rings. The molecule has 1 unspecified atom stereocenters. The summed E-state index contributed by atoms with van der Waals surface area (Å²) in [6.07, 6.45) is 3.27. The first kappa shape index (κ1) is 22.5. The molecule has 2 aromatic carbocycles. The van der Waals surface area contributed by atoms with Gasteiger partial charge in [-0.15, -0.1) is 15.3 Å². The van der Waals surface area contributed by atoms with Crippen molar-refractivity contribution in [3.63, 3.8) is 0 Å². The number of nitrogens with zero attached hydrogens (tertiary/aromatic N) is 6. The lowest BCUT2D eigenvalue weighted by molar-refractivity contribution is 0.0969. The number of hydrogen-bond donors (Lipinski definition) is 1. The summed E-state index contributed by atoms with van der Waals surface area (Å²) < 4.78 is 1.88. The maximum absolute atomic E-state index is 12.5. The molecule has 0 aliphatic rings. The zero-order valence-corrected chi connectivity index (χ0v) is 19.3. The Hall–Kier alpha value is -3.68. The number of unbranched alkanes of at least 4 members (excludes halogenated alkanes) is 1. The number of ketones is 1. The first-order valence-electron chi connectivity index (χ1n) is 11.5. The average Bonchev–Trinajstić information content (AvgIpc) is 3.53. The van der Waals surface area contributed by atoms with Gasteiger partial charge in [-0.1, -0.05) is 75.7 Å². The fraction of sp³-hybridized carbons (Fsp3) is 0.360. The van der Waals surface area contributed by atoms with E-state index in [0.29, 0.717) is 24.6 Å². The highest BCUT2D eigenvalue weighted by molar-refractivity contribution is 5.92. The Morgan fingerprint density at radius 1 is 1.06 bits per heavy atom. The van der Waals surface area contributed by atoms with Crippen molar-refractivity contribution in [1.29, 1.82) is 0 Å². The van der Waals surface area contributed by atoms with Crippen LogP contribution in [0.5, 0.6) is 0 Å². The second-order valence-electron chi connectivity index (χ2n) is 8.27. The van der Waals surface area contributed by atoms with Crippen LogP contribution >= 0.6 is 0 Å². The van der Waals surface area contributed by atoms with Gasteiger partial charge >= 0.3 is 0 Å². The largest absolute Gasteiger partial charge is 0.291 e. The van der Waals surface area contributed by atoms with Gasteiger partial charge in [-0.25, -0.2) is 9.67 Å². The summed E-state index contributed by atoms with van der Waals surface area (Å²) in [6.45, 7) is 6.89. The molecule has 2 heterocycles. The van der Waals surface area contributed by atoms with Crippen molar-refractivity contribution in [2.24, 2.45) is 0 Å². The zero-order valence-electron chi connectivity index (χ0n) is 19.3. The Morgan fingerprint density at radius 2 is 1.82 bits per heavy atom. The lowest BCUT2D eigenvalue weighted by Gasteiger charge is -2.11. The fourth-order valence-electron chi connectivity index (χ4n) is 3.75. The standard InChI is InChI=1S/C25H29N7O/c1-4-6-11-22(33)24-26-25(17(3)5-2)32(29-24)16-18-12-14-19(15-13-18)20-9-7-8-10-21(20)23-27-30-31-28-23/h7-10,12-15,17H,4-6,11,16H2,1-3H3,(H,27,28,30,31). The number of nitrogens with one attached hydrogen (secondary N) is 1. The molecule has 4 aromatic rings. The van der Waals surface area contributed by atoms with Crippen molar-refractivity contribution in [3.8, 4) is 22.5 Å². The van der Waals surface area contributed by atoms with Gasteiger partial charge in [0.1, 0.15) is 5.82 Å². The SMILES string of the molecule is CCCCC(=O)c1nc(C(C)CC)n(Cc2ccc(-c3ccccc3-c3nn[nH]n3)cc2)n1. The van der Waals surface area contributed by atoms with E-state index in [-0.39, 0.29) is 11.7 Å². The molecule has 1 atom stereocenters. The summed E-state index contributed by atoms with van der Waals surface area (Å²) in [7, 11) is 0. The van der Waals surface area contributed by atoms with E-state index in [9.17, 15) is 4.79 Å². The number of aromatic amines is 1. The van der Waals surface area contributed by atoms with E-state index >= 15 is 0 Å². The van der Waals surface area contributed by atoms with Crippen LogP contribution in [0.25, 0.3) is 22.5 Å². The third-order valence-electron chi connectivity index (χ3n) is 5.87. The van der Waals surface area contributed by atoms with Gasteiger partial charge < -0.3 is 0 Å². The van der Waals surface area contributed by atoms with E-state index in [4.69, 9.17) is 0 Å². The molecule has 0 saturated heterocycles. The van der Waals surface area contributed by atoms with Gasteiger partial charge in [-0.3, -0.25) is 4.79 Å². The van der Waals surface area contributed by atoms with Crippen molar-refractivity contribution in [1.82, 2.24) is 35.4 Å². The van der Waals surface area contributed by atoms with Crippen molar-refractivity contribution < 1.29 is 4.79 Å². The molecular weight excluding hydrogens is 414 g/mol. The number of rotatable bonds is 10. The Morgan fingerprint density at radius 3 is 2.48 bits per heavy atom. The predicted molar refractivity (Wildman–Crippen MR) is 127 cm³/mol. The van der Waals surface area contributed by atoms with Gasteiger partial charge in [0.25, 0.3) is 0 Å². The van der Waals surface area contributed by atoms with Crippen LogP contribution < -0.4 is 0 Å². The number of tetrazole rings is 1. The van der Waals surface area contributed by atoms with E-state index in [0.717, 1.165) is 47.3 Å². The third-order valence-corrected chi connectivity index (χ3v) is 5.87. The van der Waals surface area contributed by atoms with Gasteiger partial charge in [0.15, 0.2) is 0 Å². The number of hydrogen-bond acceptors (Lipinski definition) is 6. The van der Waals surface area contributed by atoms with E-state index < -0.39 is 0 Å². The molecule has 0 radical (unpaired) electrons. The van der Waals surface area contributed by atoms with Crippen LogP contribution in [0.1, 0.15) is 74.4 Å². The minimum Gasteiger partial charge on any atom is -0.291 e. The van der Waals surface area contributed by atoms with Crippen LogP contribution in [-0.4, -0.2) is 41.2 Å². The molecule has 1 N–H and O–H groups in total. The van der Waals surface area contributed by atoms with Crippen molar-refractivity contribution in [3.05, 3.63) is 65.7 Å². The minimum atomic E-state index is 0.0218. The summed E-state index contributed by atoms with van der Waals surface area (Å²) >= 11 is 0. The molecule has 0 aliphatic heterocycles. The van der Waals surface area contributed by atoms with Crippen LogP contribution in [0.15, 0.2) is 48.5 Å². The summed E-state index contributed by atoms with van der Waals surface area (Å²) in [6, 6.07) is 16.3. The third kappa shape index (κ3) is 5.05. The normalized spacial score (nSPS) is 12.1. The Labute approximate surface area is 193 Å². The molecule has 33 heavy (non-hydrogen) atoms. The Balaban J connectivity index is 1.59. The predicted octanol–water partition coefficient (Wildman–Crippen LogP) is 5.06. The number of Topliss-reactive ketones (excluding diaryl/α,β-unsaturated/α-hetero) is 1. The van der Waals surface area contributed by atoms with Gasteiger partial charge in [0.05, 0.1) is 6.54 Å². The zero-order chi connectivity index (χ0) is 23.2. The average molecular weight is 444 g/mol. The van der Waals surface area contributed by atoms with Crippen LogP contribution in [0.3, 0.4) is 0 Å². The Bertz CT molecular complexity index is 1200. The summed E-state index contributed by atoms with van der Waals surface area (Å²) in [5, 5.41) is 19.0.